The normalized spacial score (nSPS) is 12.0. The summed E-state index contributed by atoms with van der Waals surface area (Å²) >= 11 is 9.62. The van der Waals surface area contributed by atoms with E-state index < -0.39 is 27.1 Å². The molecule has 0 saturated heterocycles. The number of benzene rings is 3. The molecule has 196 valence electrons. The van der Waals surface area contributed by atoms with Gasteiger partial charge in [-0.1, -0.05) is 40.5 Å². The predicted molar refractivity (Wildman–Crippen MR) is 150 cm³/mol. The van der Waals surface area contributed by atoms with Crippen LogP contribution in [0.3, 0.4) is 0 Å². The number of carbonyl (C=O) groups excluding carboxylic acids is 2. The third kappa shape index (κ3) is 7.54. The molecule has 0 radical (unpaired) electrons. The average molecular weight is 609 g/mol. The van der Waals surface area contributed by atoms with E-state index in [0.29, 0.717) is 29.1 Å². The van der Waals surface area contributed by atoms with Gasteiger partial charge >= 0.3 is 0 Å². The van der Waals surface area contributed by atoms with Gasteiger partial charge in [-0.25, -0.2) is 13.1 Å². The molecule has 3 aromatic rings. The number of methoxy groups -OCH3 is 1. The van der Waals surface area contributed by atoms with Crippen LogP contribution in [0.25, 0.3) is 0 Å². The van der Waals surface area contributed by atoms with Crippen molar-refractivity contribution in [3.8, 4) is 5.75 Å². The van der Waals surface area contributed by atoms with Crippen LogP contribution >= 0.6 is 27.5 Å². The van der Waals surface area contributed by atoms with E-state index in [1.165, 1.54) is 25.3 Å². The van der Waals surface area contributed by atoms with Gasteiger partial charge in [-0.05, 0) is 73.5 Å². The molecule has 3 N–H and O–H groups in total. The van der Waals surface area contributed by atoms with Crippen LogP contribution in [0.4, 0.5) is 11.4 Å². The van der Waals surface area contributed by atoms with Gasteiger partial charge in [0, 0.05) is 22.4 Å². The van der Waals surface area contributed by atoms with Gasteiger partial charge in [-0.3, -0.25) is 9.59 Å². The number of sulfonamides is 1. The second-order valence-electron chi connectivity index (χ2n) is 8.23. The lowest BCUT2D eigenvalue weighted by atomic mass is 10.1. The molecule has 8 nitrogen and oxygen atoms in total. The Morgan fingerprint density at radius 1 is 0.946 bits per heavy atom. The fourth-order valence-corrected chi connectivity index (χ4v) is 4.85. The van der Waals surface area contributed by atoms with Crippen molar-refractivity contribution in [1.82, 2.24) is 4.72 Å². The van der Waals surface area contributed by atoms with Crippen LogP contribution in [0.2, 0.25) is 5.02 Å². The van der Waals surface area contributed by atoms with E-state index in [0.717, 1.165) is 4.47 Å². The van der Waals surface area contributed by atoms with Crippen molar-refractivity contribution < 1.29 is 22.7 Å². The minimum Gasteiger partial charge on any atom is -0.496 e. The van der Waals surface area contributed by atoms with Crippen molar-refractivity contribution in [3.05, 3.63) is 86.8 Å². The molecular weight excluding hydrogens is 582 g/mol. The second-order valence-corrected chi connectivity index (χ2v) is 11.7. The minimum absolute atomic E-state index is 0.0209. The number of hydrogen-bond acceptors (Lipinski definition) is 5. The largest absolute Gasteiger partial charge is 0.496 e. The van der Waals surface area contributed by atoms with Gasteiger partial charge in [0.25, 0.3) is 11.8 Å². The van der Waals surface area contributed by atoms with Crippen LogP contribution in [0.5, 0.6) is 5.75 Å². The molecule has 0 fully saturated rings. The minimum atomic E-state index is -3.48. The Labute approximate surface area is 229 Å². The highest BCUT2D eigenvalue weighted by atomic mass is 79.9. The molecule has 0 heterocycles. The third-order valence-corrected chi connectivity index (χ3v) is 8.46. The van der Waals surface area contributed by atoms with Crippen molar-refractivity contribution in [2.45, 2.75) is 32.1 Å². The zero-order chi connectivity index (χ0) is 27.2. The molecule has 0 saturated carbocycles. The van der Waals surface area contributed by atoms with Crippen LogP contribution in [0, 0.1) is 0 Å². The maximum atomic E-state index is 13.0. The van der Waals surface area contributed by atoms with E-state index in [4.69, 9.17) is 16.3 Å². The smallest absolute Gasteiger partial charge is 0.259 e. The summed E-state index contributed by atoms with van der Waals surface area (Å²) in [7, 11) is -2.03. The molecule has 3 rings (SSSR count). The Bertz CT molecular complexity index is 1400. The van der Waals surface area contributed by atoms with Crippen molar-refractivity contribution in [2.24, 2.45) is 0 Å². The molecule has 0 aromatic heterocycles. The number of ether oxygens (including phenoxy) is 1. The molecule has 37 heavy (non-hydrogen) atoms. The number of carbonyl (C=O) groups is 2. The third-order valence-electron chi connectivity index (χ3n) is 5.66. The van der Waals surface area contributed by atoms with Crippen molar-refractivity contribution >= 4 is 60.7 Å². The van der Waals surface area contributed by atoms with Crippen LogP contribution in [-0.2, 0) is 16.6 Å². The van der Waals surface area contributed by atoms with Crippen molar-refractivity contribution in [2.75, 3.05) is 17.7 Å². The summed E-state index contributed by atoms with van der Waals surface area (Å²) in [4.78, 5) is 25.9. The monoisotopic (exact) mass is 607 g/mol. The average Bonchev–Trinajstić information content (AvgIpc) is 2.88. The second kappa shape index (κ2) is 12.6. The highest BCUT2D eigenvalue weighted by Crippen LogP contribution is 2.26. The van der Waals surface area contributed by atoms with E-state index in [1.54, 1.807) is 56.3 Å². The lowest BCUT2D eigenvalue weighted by Crippen LogP contribution is -2.31. The van der Waals surface area contributed by atoms with Gasteiger partial charge in [-0.2, -0.15) is 0 Å². The number of rotatable bonds is 10. The highest BCUT2D eigenvalue weighted by molar-refractivity contribution is 9.10. The zero-order valence-electron chi connectivity index (χ0n) is 20.5. The lowest BCUT2D eigenvalue weighted by molar-refractivity contribution is 0.101. The van der Waals surface area contributed by atoms with Gasteiger partial charge in [0.1, 0.15) is 5.75 Å². The predicted octanol–water partition coefficient (Wildman–Crippen LogP) is 5.83. The summed E-state index contributed by atoms with van der Waals surface area (Å²) in [6.45, 7) is 3.45. The first-order valence-electron chi connectivity index (χ1n) is 11.4. The maximum absolute atomic E-state index is 13.0. The van der Waals surface area contributed by atoms with Gasteiger partial charge in [-0.15, -0.1) is 0 Å². The summed E-state index contributed by atoms with van der Waals surface area (Å²) in [6.07, 6.45) is 0.481. The van der Waals surface area contributed by atoms with E-state index >= 15 is 0 Å². The molecule has 0 aliphatic heterocycles. The molecule has 0 spiro atoms. The Morgan fingerprint density at radius 3 is 2.22 bits per heavy atom. The summed E-state index contributed by atoms with van der Waals surface area (Å²) in [5, 5.41) is 5.20. The lowest BCUT2D eigenvalue weighted by Gasteiger charge is -2.14. The topological polar surface area (TPSA) is 114 Å². The van der Waals surface area contributed by atoms with Crippen LogP contribution in [0.1, 0.15) is 46.5 Å². The highest BCUT2D eigenvalue weighted by Gasteiger charge is 2.20. The molecule has 1 unspecified atom stereocenters. The van der Waals surface area contributed by atoms with Crippen molar-refractivity contribution in [3.63, 3.8) is 0 Å². The Morgan fingerprint density at radius 2 is 1.57 bits per heavy atom. The van der Waals surface area contributed by atoms with Crippen LogP contribution in [0.15, 0.2) is 65.1 Å². The van der Waals surface area contributed by atoms with Gasteiger partial charge < -0.3 is 15.4 Å². The van der Waals surface area contributed by atoms with Crippen molar-refractivity contribution in [1.29, 1.82) is 0 Å². The Kier molecular flexibility index (Phi) is 9.72. The Hall–Kier alpha value is -2.92. The Balaban J connectivity index is 1.78. The molecule has 0 aliphatic carbocycles. The van der Waals surface area contributed by atoms with E-state index in [2.05, 4.69) is 31.3 Å². The first-order chi connectivity index (χ1) is 17.5. The van der Waals surface area contributed by atoms with E-state index in [9.17, 15) is 18.0 Å². The van der Waals surface area contributed by atoms with E-state index in [1.807, 2.05) is 0 Å². The standard InChI is InChI=1S/C26H27BrClN3O5S/c1-4-16(2)37(34,35)29-15-17-5-11-23(28)21(13-17)25(32)31-20-10-12-24(36-3)22(14-20)26(33)30-19-8-6-18(27)7-9-19/h5-14,16,29H,4,15H2,1-3H3,(H,30,33)(H,31,32). The first kappa shape index (κ1) is 28.6. The summed E-state index contributed by atoms with van der Waals surface area (Å²) in [5.74, 6) is -0.591. The molecule has 0 bridgehead atoms. The molecule has 1 atom stereocenters. The fraction of sp³-hybridized carbons (Fsp3) is 0.231. The summed E-state index contributed by atoms with van der Waals surface area (Å²) in [6, 6.07) is 16.5. The van der Waals surface area contributed by atoms with Gasteiger partial charge in [0.15, 0.2) is 0 Å². The molecule has 3 aromatic carbocycles. The number of amides is 2. The van der Waals surface area contributed by atoms with E-state index in [-0.39, 0.29) is 22.7 Å². The van der Waals surface area contributed by atoms with Crippen LogP contribution in [-0.4, -0.2) is 32.6 Å². The summed E-state index contributed by atoms with van der Waals surface area (Å²) in [5.41, 5.74) is 1.91. The number of nitrogens with one attached hydrogen (secondary N) is 3. The van der Waals surface area contributed by atoms with Gasteiger partial charge in [0.2, 0.25) is 10.0 Å². The van der Waals surface area contributed by atoms with Gasteiger partial charge in [0.05, 0.1) is 28.5 Å². The first-order valence-corrected chi connectivity index (χ1v) is 14.1. The number of hydrogen-bond donors (Lipinski definition) is 3. The summed E-state index contributed by atoms with van der Waals surface area (Å²) < 4.78 is 33.3. The number of halogens is 2. The quantitative estimate of drug-likeness (QED) is 0.268. The maximum Gasteiger partial charge on any atom is 0.259 e. The number of anilines is 2. The molecule has 0 aliphatic rings. The van der Waals surface area contributed by atoms with Crippen LogP contribution < -0.4 is 20.1 Å². The molecule has 11 heteroatoms. The zero-order valence-corrected chi connectivity index (χ0v) is 23.6. The molecular formula is C26H27BrClN3O5S. The SMILES string of the molecule is CCC(C)S(=O)(=O)NCc1ccc(Cl)c(C(=O)Nc2ccc(OC)c(C(=O)Nc3ccc(Br)cc3)c2)c1. The fourth-order valence-electron chi connectivity index (χ4n) is 3.30. The molecule has 2 amide bonds.